The summed E-state index contributed by atoms with van der Waals surface area (Å²) in [6, 6.07) is 11.9. The molecule has 1 aromatic carbocycles. The molecule has 0 spiro atoms. The summed E-state index contributed by atoms with van der Waals surface area (Å²) in [6.07, 6.45) is -1.92. The minimum Gasteiger partial charge on any atom is -0.497 e. The first kappa shape index (κ1) is 26.5. The summed E-state index contributed by atoms with van der Waals surface area (Å²) < 4.78 is 62.1. The van der Waals surface area contributed by atoms with Gasteiger partial charge in [0.05, 0.1) is 25.7 Å². The Labute approximate surface area is 224 Å². The SMILES string of the molecule is COc1ccc(Cn2cnc3c(Nc4ccnc(NC(C)=O)c4F)nc(-c4cccc(C(F)(F)F)n4)nc32)cc1. The minimum atomic E-state index is -4.68. The molecule has 0 unspecified atom stereocenters. The summed E-state index contributed by atoms with van der Waals surface area (Å²) in [6.45, 7) is 1.52. The number of nitrogens with zero attached hydrogens (tertiary/aromatic N) is 6. The number of aromatic nitrogens is 6. The molecule has 4 heterocycles. The van der Waals surface area contributed by atoms with Crippen LogP contribution in [0.3, 0.4) is 0 Å². The fourth-order valence-corrected chi connectivity index (χ4v) is 3.83. The second kappa shape index (κ2) is 10.6. The van der Waals surface area contributed by atoms with Crippen molar-refractivity contribution < 1.29 is 27.1 Å². The third-order valence-electron chi connectivity index (χ3n) is 5.68. The van der Waals surface area contributed by atoms with Crippen molar-refractivity contribution in [3.8, 4) is 17.3 Å². The molecular formula is C26H20F4N8O2. The van der Waals surface area contributed by atoms with Gasteiger partial charge in [0.1, 0.15) is 17.1 Å². The maximum Gasteiger partial charge on any atom is 0.433 e. The number of hydrogen-bond acceptors (Lipinski definition) is 8. The fraction of sp³-hybridized carbons (Fsp3) is 0.154. The van der Waals surface area contributed by atoms with Gasteiger partial charge in [-0.1, -0.05) is 18.2 Å². The number of methoxy groups -OCH3 is 1. The second-order valence-electron chi connectivity index (χ2n) is 8.52. The normalized spacial score (nSPS) is 11.4. The number of ether oxygens (including phenoxy) is 1. The third-order valence-corrected chi connectivity index (χ3v) is 5.68. The molecule has 0 saturated carbocycles. The number of alkyl halides is 3. The lowest BCUT2D eigenvalue weighted by atomic mass is 10.2. The fourth-order valence-electron chi connectivity index (χ4n) is 3.83. The molecule has 5 rings (SSSR count). The molecule has 0 fully saturated rings. The van der Waals surface area contributed by atoms with Crippen molar-refractivity contribution in [3.05, 3.63) is 78.1 Å². The zero-order valence-electron chi connectivity index (χ0n) is 21.0. The standard InChI is InChI=1S/C26H20F4N8O2/c1-14(39)33-23-20(27)17(10-11-31-23)35-24-21-25(38(13-32-21)12-15-6-8-16(40-2)9-7-15)37-22(36-24)18-4-3-5-19(34-18)26(28,29)30/h3-11,13H,12H2,1-2H3,(H2,31,33,35,36,37,39). The maximum absolute atomic E-state index is 15.1. The smallest absolute Gasteiger partial charge is 0.433 e. The Kier molecular flexibility index (Phi) is 6.98. The van der Waals surface area contributed by atoms with E-state index in [0.29, 0.717) is 12.3 Å². The minimum absolute atomic E-state index is 0.00608. The molecule has 1 amide bonds. The topological polar surface area (TPSA) is 120 Å². The van der Waals surface area contributed by atoms with Crippen LogP contribution in [0.4, 0.5) is 34.9 Å². The largest absolute Gasteiger partial charge is 0.497 e. The van der Waals surface area contributed by atoms with Crippen LogP contribution in [0.25, 0.3) is 22.7 Å². The molecule has 0 aliphatic rings. The number of rotatable bonds is 7. The van der Waals surface area contributed by atoms with E-state index in [9.17, 15) is 18.0 Å². The van der Waals surface area contributed by atoms with Crippen LogP contribution in [0.15, 0.2) is 61.1 Å². The maximum atomic E-state index is 15.1. The molecule has 40 heavy (non-hydrogen) atoms. The quantitative estimate of drug-likeness (QED) is 0.265. The highest BCUT2D eigenvalue weighted by atomic mass is 19.4. The Morgan fingerprint density at radius 3 is 2.48 bits per heavy atom. The van der Waals surface area contributed by atoms with Gasteiger partial charge in [0.15, 0.2) is 34.4 Å². The summed E-state index contributed by atoms with van der Waals surface area (Å²) >= 11 is 0. The number of nitrogens with one attached hydrogen (secondary N) is 2. The molecular weight excluding hydrogens is 532 g/mol. The Hall–Kier alpha value is -5.14. The van der Waals surface area contributed by atoms with E-state index < -0.39 is 23.6 Å². The number of carbonyl (C=O) groups excluding carboxylic acids is 1. The van der Waals surface area contributed by atoms with Gasteiger partial charge >= 0.3 is 6.18 Å². The second-order valence-corrected chi connectivity index (χ2v) is 8.52. The lowest BCUT2D eigenvalue weighted by Gasteiger charge is -2.12. The first-order valence-corrected chi connectivity index (χ1v) is 11.7. The highest BCUT2D eigenvalue weighted by Crippen LogP contribution is 2.31. The van der Waals surface area contributed by atoms with Crippen LogP contribution in [0.2, 0.25) is 0 Å². The van der Waals surface area contributed by atoms with E-state index in [2.05, 4.69) is 35.6 Å². The van der Waals surface area contributed by atoms with Crippen LogP contribution >= 0.6 is 0 Å². The van der Waals surface area contributed by atoms with E-state index >= 15 is 4.39 Å². The highest BCUT2D eigenvalue weighted by Gasteiger charge is 2.33. The van der Waals surface area contributed by atoms with E-state index in [1.54, 1.807) is 23.8 Å². The first-order chi connectivity index (χ1) is 19.1. The van der Waals surface area contributed by atoms with Crippen molar-refractivity contribution in [2.45, 2.75) is 19.6 Å². The third kappa shape index (κ3) is 5.50. The summed E-state index contributed by atoms with van der Waals surface area (Å²) in [5.74, 6) is -1.18. The number of carbonyl (C=O) groups is 1. The Balaban J connectivity index is 1.63. The molecule has 5 aromatic rings. The van der Waals surface area contributed by atoms with Gasteiger partial charge < -0.3 is 19.9 Å². The van der Waals surface area contributed by atoms with E-state index in [0.717, 1.165) is 11.6 Å². The number of halogens is 4. The lowest BCUT2D eigenvalue weighted by Crippen LogP contribution is -2.11. The number of hydrogen-bond donors (Lipinski definition) is 2. The van der Waals surface area contributed by atoms with Crippen LogP contribution in [0.5, 0.6) is 5.75 Å². The van der Waals surface area contributed by atoms with Crippen LogP contribution in [-0.2, 0) is 17.5 Å². The van der Waals surface area contributed by atoms with Crippen molar-refractivity contribution in [1.29, 1.82) is 0 Å². The van der Waals surface area contributed by atoms with Gasteiger partial charge in [-0.05, 0) is 35.9 Å². The summed E-state index contributed by atoms with van der Waals surface area (Å²) in [4.78, 5) is 32.1. The first-order valence-electron chi connectivity index (χ1n) is 11.7. The predicted molar refractivity (Wildman–Crippen MR) is 137 cm³/mol. The van der Waals surface area contributed by atoms with Crippen molar-refractivity contribution in [2.24, 2.45) is 0 Å². The molecule has 2 N–H and O–H groups in total. The van der Waals surface area contributed by atoms with Gasteiger partial charge in [-0.25, -0.2) is 29.3 Å². The van der Waals surface area contributed by atoms with Gasteiger partial charge in [0.2, 0.25) is 5.91 Å². The number of benzene rings is 1. The molecule has 204 valence electrons. The molecule has 0 aliphatic heterocycles. The summed E-state index contributed by atoms with van der Waals surface area (Å²) in [5, 5.41) is 5.11. The molecule has 0 saturated heterocycles. The molecule has 14 heteroatoms. The van der Waals surface area contributed by atoms with Crippen molar-refractivity contribution in [1.82, 2.24) is 29.5 Å². The van der Waals surface area contributed by atoms with Gasteiger partial charge in [-0.3, -0.25) is 4.79 Å². The number of amides is 1. The molecule has 0 atom stereocenters. The monoisotopic (exact) mass is 552 g/mol. The van der Waals surface area contributed by atoms with Crippen LogP contribution in [0, 0.1) is 5.82 Å². The van der Waals surface area contributed by atoms with Gasteiger partial charge in [0, 0.05) is 13.1 Å². The zero-order chi connectivity index (χ0) is 28.4. The number of fused-ring (bicyclic) bond motifs is 1. The van der Waals surface area contributed by atoms with Gasteiger partial charge in [0.25, 0.3) is 0 Å². The number of imidazole rings is 1. The van der Waals surface area contributed by atoms with Crippen molar-refractivity contribution in [2.75, 3.05) is 17.7 Å². The predicted octanol–water partition coefficient (Wildman–Crippen LogP) is 5.20. The Bertz CT molecular complexity index is 1700. The molecule has 0 aliphatic carbocycles. The van der Waals surface area contributed by atoms with Crippen LogP contribution < -0.4 is 15.4 Å². The van der Waals surface area contributed by atoms with Crippen LogP contribution in [0.1, 0.15) is 18.2 Å². The molecule has 0 bridgehead atoms. The summed E-state index contributed by atoms with van der Waals surface area (Å²) in [5.41, 5.74) is -0.0136. The van der Waals surface area contributed by atoms with E-state index in [1.807, 2.05) is 12.1 Å². The summed E-state index contributed by atoms with van der Waals surface area (Å²) in [7, 11) is 1.55. The highest BCUT2D eigenvalue weighted by molar-refractivity contribution is 5.90. The average Bonchev–Trinajstić information content (AvgIpc) is 3.33. The number of anilines is 3. The molecule has 10 nitrogen and oxygen atoms in total. The molecule has 0 radical (unpaired) electrons. The van der Waals surface area contributed by atoms with E-state index in [4.69, 9.17) is 4.74 Å². The Morgan fingerprint density at radius 2 is 1.77 bits per heavy atom. The number of pyridine rings is 2. The van der Waals surface area contributed by atoms with Crippen LogP contribution in [-0.4, -0.2) is 42.5 Å². The van der Waals surface area contributed by atoms with E-state index in [-0.39, 0.29) is 40.0 Å². The average molecular weight is 552 g/mol. The van der Waals surface area contributed by atoms with E-state index in [1.165, 1.54) is 37.6 Å². The van der Waals surface area contributed by atoms with Gasteiger partial charge in [-0.2, -0.15) is 13.2 Å². The van der Waals surface area contributed by atoms with Gasteiger partial charge in [-0.15, -0.1) is 0 Å². The Morgan fingerprint density at radius 1 is 1.00 bits per heavy atom. The lowest BCUT2D eigenvalue weighted by molar-refractivity contribution is -0.141. The van der Waals surface area contributed by atoms with Crippen molar-refractivity contribution >= 4 is 34.4 Å². The molecule has 4 aromatic heterocycles. The zero-order valence-corrected chi connectivity index (χ0v) is 21.0. The van der Waals surface area contributed by atoms with Crippen molar-refractivity contribution in [3.63, 3.8) is 0 Å².